The summed E-state index contributed by atoms with van der Waals surface area (Å²) in [6.45, 7) is 4.01. The molecule has 1 heterocycles. The summed E-state index contributed by atoms with van der Waals surface area (Å²) in [5, 5.41) is 18.2. The summed E-state index contributed by atoms with van der Waals surface area (Å²) >= 11 is 0. The number of carbonyl (C=O) groups is 1. The molecular weight excluding hydrogens is 258 g/mol. The fraction of sp³-hybridized carbons (Fsp3) is 0.214. The average molecular weight is 271 g/mol. The zero-order valence-corrected chi connectivity index (χ0v) is 11.0. The molecule has 6 nitrogen and oxygen atoms in total. The number of ether oxygens (including phenoxy) is 1. The Bertz CT molecular complexity index is 680. The summed E-state index contributed by atoms with van der Waals surface area (Å²) in [5.41, 5.74) is 0.532. The maximum Gasteiger partial charge on any atom is 0.362 e. The molecule has 0 aliphatic carbocycles. The molecule has 0 spiro atoms. The van der Waals surface area contributed by atoms with Crippen LogP contribution in [0.3, 0.4) is 0 Å². The average Bonchev–Trinajstić information content (AvgIpc) is 2.85. The molecule has 0 fully saturated rings. The van der Waals surface area contributed by atoms with Crippen molar-refractivity contribution in [1.29, 1.82) is 0 Å². The second kappa shape index (κ2) is 5.89. The van der Waals surface area contributed by atoms with Crippen LogP contribution in [0.15, 0.2) is 24.3 Å². The minimum atomic E-state index is -1.20. The molecule has 2 rings (SSSR count). The van der Waals surface area contributed by atoms with Crippen molar-refractivity contribution >= 4 is 5.97 Å². The summed E-state index contributed by atoms with van der Waals surface area (Å²) in [5.74, 6) is 5.59. The van der Waals surface area contributed by atoms with Crippen molar-refractivity contribution in [3.63, 3.8) is 0 Å². The normalized spacial score (nSPS) is 9.95. The van der Waals surface area contributed by atoms with Gasteiger partial charge in [-0.15, -0.1) is 5.10 Å². The van der Waals surface area contributed by atoms with Crippen LogP contribution < -0.4 is 4.74 Å². The minimum Gasteiger partial charge on any atom is -0.476 e. The molecule has 6 heteroatoms. The van der Waals surface area contributed by atoms with Crippen LogP contribution in [0.2, 0.25) is 0 Å². The lowest BCUT2D eigenvalue weighted by atomic mass is 10.1. The van der Waals surface area contributed by atoms with E-state index in [0.29, 0.717) is 5.75 Å². The Balaban J connectivity index is 2.22. The summed E-state index contributed by atoms with van der Waals surface area (Å²) in [6.07, 6.45) is 0. The summed E-state index contributed by atoms with van der Waals surface area (Å²) in [7, 11) is 0. The van der Waals surface area contributed by atoms with Gasteiger partial charge in [0, 0.05) is 11.5 Å². The van der Waals surface area contributed by atoms with Gasteiger partial charge >= 0.3 is 5.97 Å². The van der Waals surface area contributed by atoms with Gasteiger partial charge < -0.3 is 9.84 Å². The fourth-order valence-corrected chi connectivity index (χ4v) is 1.41. The molecule has 0 radical (unpaired) electrons. The molecule has 0 aliphatic rings. The second-order valence-electron chi connectivity index (χ2n) is 4.35. The first-order valence-electron chi connectivity index (χ1n) is 6.00. The van der Waals surface area contributed by atoms with E-state index < -0.39 is 5.97 Å². The molecule has 2 N–H and O–H groups in total. The van der Waals surface area contributed by atoms with Gasteiger partial charge in [0.05, 0.1) is 0 Å². The number of carboxylic acids is 1. The first kappa shape index (κ1) is 13.6. The Morgan fingerprint density at radius 2 is 2.25 bits per heavy atom. The lowest BCUT2D eigenvalue weighted by Gasteiger charge is -2.03. The van der Waals surface area contributed by atoms with Gasteiger partial charge in [0.1, 0.15) is 5.75 Å². The van der Waals surface area contributed by atoms with Crippen molar-refractivity contribution in [2.45, 2.75) is 13.8 Å². The topological polar surface area (TPSA) is 88.1 Å². The molecule has 0 unspecified atom stereocenters. The van der Waals surface area contributed by atoms with Crippen molar-refractivity contribution in [1.82, 2.24) is 15.4 Å². The number of aromatic nitrogens is 3. The van der Waals surface area contributed by atoms with Crippen LogP contribution in [0, 0.1) is 17.8 Å². The Kier molecular flexibility index (Phi) is 4.01. The Labute approximate surface area is 115 Å². The van der Waals surface area contributed by atoms with Gasteiger partial charge in [-0.25, -0.2) is 9.89 Å². The molecule has 0 aliphatic heterocycles. The standard InChI is InChI=1S/C14H13N3O3/c1-9(2)6-7-10-4-3-5-11(8-10)20-13-12(14(18)19)15-17-16-13/h3-5,8-9H,1-2H3,(H,18,19)(H,15,16,17). The summed E-state index contributed by atoms with van der Waals surface area (Å²) < 4.78 is 5.43. The van der Waals surface area contributed by atoms with Crippen LogP contribution in [-0.2, 0) is 0 Å². The lowest BCUT2D eigenvalue weighted by Crippen LogP contribution is -1.99. The highest BCUT2D eigenvalue weighted by Gasteiger charge is 2.16. The predicted molar refractivity (Wildman–Crippen MR) is 71.6 cm³/mol. The van der Waals surface area contributed by atoms with Crippen LogP contribution in [0.4, 0.5) is 0 Å². The van der Waals surface area contributed by atoms with Crippen molar-refractivity contribution in [3.8, 4) is 23.5 Å². The number of aromatic amines is 1. The second-order valence-corrected chi connectivity index (χ2v) is 4.35. The Hall–Kier alpha value is -2.81. The number of benzene rings is 1. The van der Waals surface area contributed by atoms with E-state index in [2.05, 4.69) is 27.3 Å². The fourth-order valence-electron chi connectivity index (χ4n) is 1.41. The molecule has 0 amide bonds. The third-order valence-electron chi connectivity index (χ3n) is 2.28. The van der Waals surface area contributed by atoms with Gasteiger partial charge in [-0.05, 0) is 18.2 Å². The summed E-state index contributed by atoms with van der Waals surface area (Å²) in [6, 6.07) is 7.06. The molecule has 2 aromatic rings. The first-order chi connectivity index (χ1) is 9.56. The molecule has 0 atom stereocenters. The van der Waals surface area contributed by atoms with Crippen molar-refractivity contribution in [2.75, 3.05) is 0 Å². The van der Waals surface area contributed by atoms with Crippen LogP contribution in [0.5, 0.6) is 11.6 Å². The monoisotopic (exact) mass is 271 g/mol. The van der Waals surface area contributed by atoms with Crippen LogP contribution in [0.25, 0.3) is 0 Å². The van der Waals surface area contributed by atoms with E-state index in [0.717, 1.165) is 5.56 Å². The first-order valence-corrected chi connectivity index (χ1v) is 6.00. The number of nitrogens with one attached hydrogen (secondary N) is 1. The minimum absolute atomic E-state index is 0.00790. The number of aromatic carboxylic acids is 1. The molecule has 1 aromatic carbocycles. The van der Waals surface area contributed by atoms with E-state index in [4.69, 9.17) is 9.84 Å². The third-order valence-corrected chi connectivity index (χ3v) is 2.28. The zero-order chi connectivity index (χ0) is 14.5. The summed E-state index contributed by atoms with van der Waals surface area (Å²) in [4.78, 5) is 10.9. The molecule has 20 heavy (non-hydrogen) atoms. The number of hydrogen-bond donors (Lipinski definition) is 2. The number of rotatable bonds is 3. The number of H-pyrrole nitrogens is 1. The lowest BCUT2D eigenvalue weighted by molar-refractivity contribution is 0.0687. The molecule has 102 valence electrons. The Morgan fingerprint density at radius 1 is 1.45 bits per heavy atom. The van der Waals surface area contributed by atoms with E-state index in [9.17, 15) is 4.79 Å². The van der Waals surface area contributed by atoms with E-state index >= 15 is 0 Å². The highest BCUT2D eigenvalue weighted by atomic mass is 16.5. The van der Waals surface area contributed by atoms with Crippen molar-refractivity contribution < 1.29 is 14.6 Å². The van der Waals surface area contributed by atoms with E-state index in [1.165, 1.54) is 0 Å². The SMILES string of the molecule is CC(C)C#Cc1cccc(Oc2[nH]nnc2C(=O)O)c1. The van der Waals surface area contributed by atoms with Gasteiger partial charge in [0.25, 0.3) is 5.88 Å². The molecule has 0 saturated heterocycles. The molecular formula is C14H13N3O3. The van der Waals surface area contributed by atoms with Gasteiger partial charge in [0.15, 0.2) is 0 Å². The number of nitrogens with zero attached hydrogens (tertiary/aromatic N) is 2. The van der Waals surface area contributed by atoms with E-state index in [1.54, 1.807) is 18.2 Å². The molecule has 0 saturated carbocycles. The van der Waals surface area contributed by atoms with E-state index in [-0.39, 0.29) is 17.5 Å². The maximum absolute atomic E-state index is 10.9. The van der Waals surface area contributed by atoms with Crippen molar-refractivity contribution in [3.05, 3.63) is 35.5 Å². The number of hydrogen-bond acceptors (Lipinski definition) is 4. The molecule has 0 bridgehead atoms. The van der Waals surface area contributed by atoms with Gasteiger partial charge in [0.2, 0.25) is 5.69 Å². The van der Waals surface area contributed by atoms with Gasteiger partial charge in [-0.2, -0.15) is 0 Å². The maximum atomic E-state index is 10.9. The highest BCUT2D eigenvalue weighted by molar-refractivity contribution is 5.87. The largest absolute Gasteiger partial charge is 0.476 e. The van der Waals surface area contributed by atoms with Crippen molar-refractivity contribution in [2.24, 2.45) is 5.92 Å². The van der Waals surface area contributed by atoms with Crippen LogP contribution in [0.1, 0.15) is 29.9 Å². The number of carboxylic acid groups (broad SMARTS) is 1. The van der Waals surface area contributed by atoms with Gasteiger partial charge in [-0.3, -0.25) is 0 Å². The van der Waals surface area contributed by atoms with Crippen LogP contribution >= 0.6 is 0 Å². The molecule has 1 aromatic heterocycles. The van der Waals surface area contributed by atoms with E-state index in [1.807, 2.05) is 19.9 Å². The zero-order valence-electron chi connectivity index (χ0n) is 11.0. The smallest absolute Gasteiger partial charge is 0.362 e. The highest BCUT2D eigenvalue weighted by Crippen LogP contribution is 2.22. The quantitative estimate of drug-likeness (QED) is 0.836. The van der Waals surface area contributed by atoms with Gasteiger partial charge in [-0.1, -0.05) is 37.0 Å². The van der Waals surface area contributed by atoms with Crippen LogP contribution in [-0.4, -0.2) is 26.5 Å². The Morgan fingerprint density at radius 3 is 2.95 bits per heavy atom. The predicted octanol–water partition coefficient (Wildman–Crippen LogP) is 2.30. The third kappa shape index (κ3) is 3.36.